The highest BCUT2D eigenvalue weighted by Gasteiger charge is 2.28. The molecule has 180 valence electrons. The summed E-state index contributed by atoms with van der Waals surface area (Å²) in [6, 6.07) is 20.1. The van der Waals surface area contributed by atoms with E-state index in [1.165, 1.54) is 0 Å². The minimum absolute atomic E-state index is 0.0954. The lowest BCUT2D eigenvalue weighted by atomic mass is 9.81. The van der Waals surface area contributed by atoms with Crippen molar-refractivity contribution in [3.8, 4) is 5.75 Å². The van der Waals surface area contributed by atoms with E-state index < -0.39 is 0 Å². The smallest absolute Gasteiger partial charge is 0.220 e. The molecule has 7 heteroatoms. The summed E-state index contributed by atoms with van der Waals surface area (Å²) in [5, 5.41) is 10.9. The minimum atomic E-state index is 0.0954. The second kappa shape index (κ2) is 11.7. The van der Waals surface area contributed by atoms with Gasteiger partial charge in [0, 0.05) is 31.8 Å². The number of benzene rings is 2. The number of anilines is 1. The van der Waals surface area contributed by atoms with Gasteiger partial charge in [0.1, 0.15) is 5.75 Å². The number of hydrogen-bond donors (Lipinski definition) is 2. The molecule has 34 heavy (non-hydrogen) atoms. The van der Waals surface area contributed by atoms with Crippen LogP contribution in [0.25, 0.3) is 0 Å². The van der Waals surface area contributed by atoms with Gasteiger partial charge >= 0.3 is 0 Å². The standard InChI is InChI=1S/C27H34N4O3/c1-31(24-6-4-3-5-7-24)19-26-16-23(30-34-26)14-22-18-28-13-12-21(22)15-27(32)29-17-20-8-10-25(33-2)11-9-20/h3-11,16,21-22,28H,12-15,17-19H2,1-2H3,(H,29,32). The summed E-state index contributed by atoms with van der Waals surface area (Å²) >= 11 is 0. The van der Waals surface area contributed by atoms with Crippen molar-refractivity contribution in [1.82, 2.24) is 15.8 Å². The maximum atomic E-state index is 12.7. The predicted molar refractivity (Wildman–Crippen MR) is 133 cm³/mol. The van der Waals surface area contributed by atoms with Gasteiger partial charge in [-0.05, 0) is 67.6 Å². The van der Waals surface area contributed by atoms with Crippen LogP contribution in [0, 0.1) is 11.8 Å². The van der Waals surface area contributed by atoms with Crippen LogP contribution >= 0.6 is 0 Å². The molecule has 0 spiro atoms. The van der Waals surface area contributed by atoms with E-state index in [0.717, 1.165) is 54.4 Å². The molecule has 2 atom stereocenters. The Morgan fingerprint density at radius 3 is 2.74 bits per heavy atom. The van der Waals surface area contributed by atoms with Gasteiger partial charge in [-0.1, -0.05) is 35.5 Å². The molecule has 1 aliphatic heterocycles. The second-order valence-electron chi connectivity index (χ2n) is 9.02. The number of piperidine rings is 1. The summed E-state index contributed by atoms with van der Waals surface area (Å²) in [5.41, 5.74) is 3.15. The average Bonchev–Trinajstić information content (AvgIpc) is 3.31. The van der Waals surface area contributed by atoms with Crippen LogP contribution in [0.15, 0.2) is 65.2 Å². The van der Waals surface area contributed by atoms with Gasteiger partial charge in [0.25, 0.3) is 0 Å². The number of amides is 1. The molecule has 0 radical (unpaired) electrons. The largest absolute Gasteiger partial charge is 0.497 e. The highest BCUT2D eigenvalue weighted by molar-refractivity contribution is 5.76. The molecular formula is C27H34N4O3. The van der Waals surface area contributed by atoms with Crippen LogP contribution in [-0.2, 0) is 24.3 Å². The topological polar surface area (TPSA) is 79.6 Å². The van der Waals surface area contributed by atoms with Crippen LogP contribution in [-0.4, -0.2) is 38.3 Å². The number of carbonyl (C=O) groups is 1. The molecule has 2 N–H and O–H groups in total. The van der Waals surface area contributed by atoms with Crippen molar-refractivity contribution in [3.63, 3.8) is 0 Å². The van der Waals surface area contributed by atoms with E-state index in [9.17, 15) is 4.79 Å². The third-order valence-electron chi connectivity index (χ3n) is 6.53. The zero-order valence-electron chi connectivity index (χ0n) is 20.0. The summed E-state index contributed by atoms with van der Waals surface area (Å²) in [7, 11) is 3.69. The van der Waals surface area contributed by atoms with Crippen molar-refractivity contribution >= 4 is 11.6 Å². The van der Waals surface area contributed by atoms with Gasteiger partial charge in [-0.15, -0.1) is 0 Å². The Labute approximate surface area is 201 Å². The van der Waals surface area contributed by atoms with E-state index in [1.807, 2.05) is 49.5 Å². The van der Waals surface area contributed by atoms with Crippen molar-refractivity contribution in [2.45, 2.75) is 32.4 Å². The van der Waals surface area contributed by atoms with Crippen molar-refractivity contribution in [3.05, 3.63) is 77.7 Å². The summed E-state index contributed by atoms with van der Waals surface area (Å²) in [6.45, 7) is 3.03. The van der Waals surface area contributed by atoms with Gasteiger partial charge in [0.2, 0.25) is 5.91 Å². The highest BCUT2D eigenvalue weighted by Crippen LogP contribution is 2.26. The molecule has 2 heterocycles. The first-order valence-corrected chi connectivity index (χ1v) is 11.9. The molecule has 3 aromatic rings. The Kier molecular flexibility index (Phi) is 8.20. The summed E-state index contributed by atoms with van der Waals surface area (Å²) in [4.78, 5) is 14.8. The van der Waals surface area contributed by atoms with E-state index in [-0.39, 0.29) is 5.91 Å². The normalized spacial score (nSPS) is 17.8. The van der Waals surface area contributed by atoms with Crippen molar-refractivity contribution in [1.29, 1.82) is 0 Å². The monoisotopic (exact) mass is 462 g/mol. The van der Waals surface area contributed by atoms with Crippen molar-refractivity contribution in [2.24, 2.45) is 11.8 Å². The predicted octanol–water partition coefficient (Wildman–Crippen LogP) is 3.79. The zero-order chi connectivity index (χ0) is 23.8. The molecule has 0 saturated carbocycles. The fourth-order valence-electron chi connectivity index (χ4n) is 4.54. The van der Waals surface area contributed by atoms with Crippen LogP contribution in [0.2, 0.25) is 0 Å². The molecular weight excluding hydrogens is 428 g/mol. The summed E-state index contributed by atoms with van der Waals surface area (Å²) < 4.78 is 10.8. The van der Waals surface area contributed by atoms with Crippen LogP contribution in [0.3, 0.4) is 0 Å². The number of hydrogen-bond acceptors (Lipinski definition) is 6. The van der Waals surface area contributed by atoms with Gasteiger partial charge in [-0.25, -0.2) is 0 Å². The van der Waals surface area contributed by atoms with Crippen LogP contribution in [0.4, 0.5) is 5.69 Å². The fourth-order valence-corrected chi connectivity index (χ4v) is 4.54. The first-order valence-electron chi connectivity index (χ1n) is 11.9. The second-order valence-corrected chi connectivity index (χ2v) is 9.02. The third kappa shape index (κ3) is 6.60. The number of rotatable bonds is 10. The van der Waals surface area contributed by atoms with Gasteiger partial charge in [-0.2, -0.15) is 0 Å². The Balaban J connectivity index is 1.28. The van der Waals surface area contributed by atoms with Crippen LogP contribution in [0.5, 0.6) is 5.75 Å². The van der Waals surface area contributed by atoms with Crippen molar-refractivity contribution in [2.75, 3.05) is 32.1 Å². The number of nitrogens with zero attached hydrogens (tertiary/aromatic N) is 2. The average molecular weight is 463 g/mol. The minimum Gasteiger partial charge on any atom is -0.497 e. The molecule has 4 rings (SSSR count). The molecule has 2 aromatic carbocycles. The van der Waals surface area contributed by atoms with Crippen LogP contribution in [0.1, 0.15) is 29.9 Å². The summed E-state index contributed by atoms with van der Waals surface area (Å²) in [5.74, 6) is 2.43. The third-order valence-corrected chi connectivity index (χ3v) is 6.53. The molecule has 0 bridgehead atoms. The first kappa shape index (κ1) is 23.8. The Morgan fingerprint density at radius 2 is 1.97 bits per heavy atom. The molecule has 7 nitrogen and oxygen atoms in total. The van der Waals surface area contributed by atoms with Gasteiger partial charge in [0.05, 0.1) is 19.3 Å². The number of methoxy groups -OCH3 is 1. The Hall–Kier alpha value is -3.32. The summed E-state index contributed by atoms with van der Waals surface area (Å²) in [6.07, 6.45) is 2.33. The fraction of sp³-hybridized carbons (Fsp3) is 0.407. The molecule has 1 saturated heterocycles. The molecule has 1 aromatic heterocycles. The van der Waals surface area contributed by atoms with E-state index >= 15 is 0 Å². The quantitative estimate of drug-likeness (QED) is 0.477. The number of carbonyl (C=O) groups excluding carboxylic acids is 1. The first-order chi connectivity index (χ1) is 16.6. The maximum Gasteiger partial charge on any atom is 0.220 e. The number of para-hydroxylation sites is 1. The van der Waals surface area contributed by atoms with E-state index in [0.29, 0.717) is 31.3 Å². The number of aromatic nitrogens is 1. The van der Waals surface area contributed by atoms with Gasteiger partial charge in [-0.3, -0.25) is 4.79 Å². The molecule has 1 amide bonds. The lowest BCUT2D eigenvalue weighted by Gasteiger charge is -2.31. The number of ether oxygens (including phenoxy) is 1. The lowest BCUT2D eigenvalue weighted by Crippen LogP contribution is -2.40. The molecule has 1 aliphatic rings. The Bertz CT molecular complexity index is 1040. The maximum absolute atomic E-state index is 12.7. The highest BCUT2D eigenvalue weighted by atomic mass is 16.5. The lowest BCUT2D eigenvalue weighted by molar-refractivity contribution is -0.122. The van der Waals surface area contributed by atoms with Crippen LogP contribution < -0.4 is 20.3 Å². The molecule has 1 fully saturated rings. The van der Waals surface area contributed by atoms with E-state index in [2.05, 4.69) is 38.9 Å². The zero-order valence-corrected chi connectivity index (χ0v) is 20.0. The van der Waals surface area contributed by atoms with E-state index in [1.54, 1.807) is 7.11 Å². The SMILES string of the molecule is COc1ccc(CNC(=O)CC2CCNCC2Cc2cc(CN(C)c3ccccc3)on2)cc1. The molecule has 0 aliphatic carbocycles. The number of nitrogens with one attached hydrogen (secondary N) is 2. The Morgan fingerprint density at radius 1 is 1.18 bits per heavy atom. The van der Waals surface area contributed by atoms with E-state index in [4.69, 9.17) is 9.26 Å². The molecule has 2 unspecified atom stereocenters. The van der Waals surface area contributed by atoms with Gasteiger partial charge < -0.3 is 24.8 Å². The van der Waals surface area contributed by atoms with Gasteiger partial charge in [0.15, 0.2) is 5.76 Å². The van der Waals surface area contributed by atoms with Crippen molar-refractivity contribution < 1.29 is 14.1 Å².